The smallest absolute Gasteiger partial charge is 0.309 e. The van der Waals surface area contributed by atoms with Crippen molar-refractivity contribution >= 4 is 17.8 Å². The molecule has 0 aliphatic heterocycles. The fourth-order valence-electron chi connectivity index (χ4n) is 13.2. The molecule has 0 aromatic rings. The number of hydrogen-bond acceptors (Lipinski definition) is 6. The number of carbonyl (C=O) groups is 3. The van der Waals surface area contributed by atoms with Crippen LogP contribution in [0.5, 0.6) is 0 Å². The lowest BCUT2D eigenvalue weighted by Gasteiger charge is -2.74. The molecule has 1 amide bonds. The highest BCUT2D eigenvalue weighted by Crippen LogP contribution is 2.78. The molecular weight excluding hydrogens is 590 g/mol. The Labute approximate surface area is 284 Å². The number of hydrogen-bond donors (Lipinski definition) is 4. The molecule has 8 heteroatoms. The van der Waals surface area contributed by atoms with E-state index in [1.54, 1.807) is 13.8 Å². The molecule has 0 radical (unpaired) electrons. The number of ether oxygens (including phenoxy) is 1. The lowest BCUT2D eigenvalue weighted by Crippen LogP contribution is -2.74. The molecule has 5 saturated carbocycles. The number of nitrogens with one attached hydrogen (secondary N) is 1. The molecule has 10 atom stereocenters. The van der Waals surface area contributed by atoms with Crippen LogP contribution in [0.1, 0.15) is 132 Å². The first-order valence-electron chi connectivity index (χ1n) is 18.5. The second-order valence-corrected chi connectivity index (χ2v) is 18.8. The number of nitrogens with two attached hydrogens (primary N) is 2. The van der Waals surface area contributed by atoms with E-state index in [1.807, 2.05) is 0 Å². The van der Waals surface area contributed by atoms with Gasteiger partial charge in [0.1, 0.15) is 6.10 Å². The molecule has 47 heavy (non-hydrogen) atoms. The van der Waals surface area contributed by atoms with Crippen LogP contribution in [0.3, 0.4) is 0 Å². The monoisotopic (exact) mass is 655 g/mol. The summed E-state index contributed by atoms with van der Waals surface area (Å²) in [6.45, 7) is 22.9. The zero-order chi connectivity index (χ0) is 35.0. The van der Waals surface area contributed by atoms with Crippen molar-refractivity contribution in [2.45, 2.75) is 144 Å². The summed E-state index contributed by atoms with van der Waals surface area (Å²) < 4.78 is 6.15. The molecule has 5 rings (SSSR count). The van der Waals surface area contributed by atoms with Crippen LogP contribution >= 0.6 is 0 Å². The highest BCUT2D eigenvalue weighted by atomic mass is 16.5. The minimum Gasteiger partial charge on any atom is -0.481 e. The summed E-state index contributed by atoms with van der Waals surface area (Å²) in [5, 5.41) is 12.6. The first kappa shape index (κ1) is 36.4. The topological polar surface area (TPSA) is 145 Å². The molecule has 5 aliphatic rings. The fourth-order valence-corrected chi connectivity index (χ4v) is 13.2. The number of amides is 1. The SMILES string of the molecule is C=C(C)[C@@H]1CC[C@]2(CC(=O)NCCN)CC[C@]3(C)[C@H](CC[C@@H]4[C@@]5(C)CC[C@H](OC(=O)CC(C)(C)C(=O)O)C(C)(C)[C@@H]5CC[C@]43C)[C@@]12N. The van der Waals surface area contributed by atoms with Gasteiger partial charge in [-0.3, -0.25) is 14.4 Å². The minimum absolute atomic E-state index is 0.0315. The van der Waals surface area contributed by atoms with Gasteiger partial charge in [-0.2, -0.15) is 0 Å². The fraction of sp³-hybridized carbons (Fsp3) is 0.872. The van der Waals surface area contributed by atoms with Gasteiger partial charge in [0.15, 0.2) is 0 Å². The quantitative estimate of drug-likeness (QED) is 0.162. The van der Waals surface area contributed by atoms with Gasteiger partial charge in [-0.25, -0.2) is 0 Å². The van der Waals surface area contributed by atoms with Gasteiger partial charge in [0, 0.05) is 30.5 Å². The molecule has 5 aliphatic carbocycles. The molecule has 8 nitrogen and oxygen atoms in total. The van der Waals surface area contributed by atoms with Crippen molar-refractivity contribution in [2.75, 3.05) is 13.1 Å². The van der Waals surface area contributed by atoms with E-state index < -0.39 is 22.9 Å². The summed E-state index contributed by atoms with van der Waals surface area (Å²) in [6.07, 6.45) is 10.3. The highest BCUT2D eigenvalue weighted by Gasteiger charge is 2.74. The lowest BCUT2D eigenvalue weighted by molar-refractivity contribution is -0.253. The van der Waals surface area contributed by atoms with E-state index in [0.717, 1.165) is 69.8 Å². The first-order valence-corrected chi connectivity index (χ1v) is 18.5. The number of aliphatic carboxylic acids is 1. The van der Waals surface area contributed by atoms with Crippen molar-refractivity contribution < 1.29 is 24.2 Å². The number of esters is 1. The van der Waals surface area contributed by atoms with Crippen LogP contribution in [0.4, 0.5) is 0 Å². The van der Waals surface area contributed by atoms with Crippen LogP contribution in [0, 0.1) is 56.2 Å². The molecule has 0 aromatic heterocycles. The number of fused-ring (bicyclic) bond motifs is 7. The predicted octanol–water partition coefficient (Wildman–Crippen LogP) is 6.60. The average molecular weight is 656 g/mol. The van der Waals surface area contributed by atoms with Gasteiger partial charge < -0.3 is 26.6 Å². The predicted molar refractivity (Wildman–Crippen MR) is 185 cm³/mol. The van der Waals surface area contributed by atoms with Gasteiger partial charge >= 0.3 is 11.9 Å². The van der Waals surface area contributed by atoms with Crippen LogP contribution in [-0.4, -0.2) is 47.7 Å². The van der Waals surface area contributed by atoms with E-state index in [-0.39, 0.29) is 51.4 Å². The van der Waals surface area contributed by atoms with E-state index in [1.165, 1.54) is 0 Å². The van der Waals surface area contributed by atoms with Gasteiger partial charge in [0.05, 0.1) is 11.8 Å². The van der Waals surface area contributed by atoms with Crippen LogP contribution in [0.2, 0.25) is 0 Å². The number of carboxylic acids is 1. The summed E-state index contributed by atoms with van der Waals surface area (Å²) in [7, 11) is 0. The second-order valence-electron chi connectivity index (χ2n) is 18.8. The van der Waals surface area contributed by atoms with Crippen molar-refractivity contribution in [1.29, 1.82) is 0 Å². The molecule has 0 heterocycles. The third-order valence-corrected chi connectivity index (χ3v) is 15.9. The maximum Gasteiger partial charge on any atom is 0.309 e. The zero-order valence-corrected chi connectivity index (χ0v) is 30.7. The third-order valence-electron chi connectivity index (χ3n) is 15.9. The number of rotatable bonds is 9. The number of carbonyl (C=O) groups excluding carboxylic acids is 2. The van der Waals surface area contributed by atoms with Crippen LogP contribution < -0.4 is 16.8 Å². The van der Waals surface area contributed by atoms with E-state index in [9.17, 15) is 19.5 Å². The van der Waals surface area contributed by atoms with E-state index in [4.69, 9.17) is 16.2 Å². The molecule has 0 bridgehead atoms. The maximum absolute atomic E-state index is 13.3. The van der Waals surface area contributed by atoms with Crippen LogP contribution in [0.15, 0.2) is 12.2 Å². The highest BCUT2D eigenvalue weighted by molar-refractivity contribution is 5.81. The normalized spacial score (nSPS) is 43.8. The van der Waals surface area contributed by atoms with E-state index in [0.29, 0.717) is 37.3 Å². The van der Waals surface area contributed by atoms with Crippen molar-refractivity contribution in [3.05, 3.63) is 12.2 Å². The van der Waals surface area contributed by atoms with Gasteiger partial charge in [0.25, 0.3) is 0 Å². The molecule has 0 unspecified atom stereocenters. The molecule has 0 spiro atoms. The standard InChI is InChI=1S/C39H65N3O5/c1-24(2)25-12-17-38(22-30(43)42-21-20-40)19-18-37(9)28(39(25,38)41)11-10-27-35(7)15-14-29(47-31(44)23-33(3,4)32(45)46)34(5,6)26(35)13-16-36(27,37)8/h25-29H,1,10-23,40-41H2,2-9H3,(H,42,43)(H,45,46)/t25-,26-,27+,28-,29-,35-,36+,37+,38+,39-/m0/s1. The summed E-state index contributed by atoms with van der Waals surface area (Å²) in [5.41, 5.74) is 12.9. The Morgan fingerprint density at radius 2 is 1.53 bits per heavy atom. The van der Waals surface area contributed by atoms with Crippen LogP contribution in [0.25, 0.3) is 0 Å². The van der Waals surface area contributed by atoms with Crippen molar-refractivity contribution in [3.8, 4) is 0 Å². The third kappa shape index (κ3) is 5.23. The van der Waals surface area contributed by atoms with E-state index in [2.05, 4.69) is 53.4 Å². The summed E-state index contributed by atoms with van der Waals surface area (Å²) >= 11 is 0. The summed E-state index contributed by atoms with van der Waals surface area (Å²) in [6, 6.07) is 0. The maximum atomic E-state index is 13.3. The first-order chi connectivity index (χ1) is 21.7. The molecule has 0 saturated heterocycles. The van der Waals surface area contributed by atoms with E-state index >= 15 is 0 Å². The van der Waals surface area contributed by atoms with Gasteiger partial charge in [0.2, 0.25) is 5.91 Å². The Bertz CT molecular complexity index is 1290. The Morgan fingerprint density at radius 1 is 0.894 bits per heavy atom. The van der Waals surface area contributed by atoms with Gasteiger partial charge in [-0.15, -0.1) is 0 Å². The van der Waals surface area contributed by atoms with Gasteiger partial charge in [-0.05, 0) is 130 Å². The van der Waals surface area contributed by atoms with Crippen molar-refractivity contribution in [1.82, 2.24) is 5.32 Å². The van der Waals surface area contributed by atoms with Crippen LogP contribution in [-0.2, 0) is 19.1 Å². The molecule has 0 aromatic carbocycles. The number of carboxylic acid groups (broad SMARTS) is 1. The summed E-state index contributed by atoms with van der Waals surface area (Å²) in [5.74, 6) is 0.105. The van der Waals surface area contributed by atoms with Crippen molar-refractivity contribution in [2.24, 2.45) is 67.6 Å². The molecule has 266 valence electrons. The Hall–Kier alpha value is -1.93. The summed E-state index contributed by atoms with van der Waals surface area (Å²) in [4.78, 5) is 38.0. The molecule has 6 N–H and O–H groups in total. The minimum atomic E-state index is -1.15. The largest absolute Gasteiger partial charge is 0.481 e. The Balaban J connectivity index is 1.44. The second kappa shape index (κ2) is 11.8. The average Bonchev–Trinajstić information content (AvgIpc) is 3.26. The molecular formula is C39H65N3O5. The zero-order valence-electron chi connectivity index (χ0n) is 30.7. The Kier molecular flexibility index (Phi) is 9.16. The van der Waals surface area contributed by atoms with Gasteiger partial charge in [-0.1, -0.05) is 46.8 Å². The Morgan fingerprint density at radius 3 is 2.15 bits per heavy atom. The van der Waals surface area contributed by atoms with Crippen molar-refractivity contribution in [3.63, 3.8) is 0 Å². The molecule has 5 fully saturated rings. The lowest BCUT2D eigenvalue weighted by atomic mass is 9.31.